The van der Waals surface area contributed by atoms with E-state index in [1.807, 2.05) is 4.90 Å². The summed E-state index contributed by atoms with van der Waals surface area (Å²) in [6.07, 6.45) is 2.22. The van der Waals surface area contributed by atoms with Crippen molar-refractivity contribution in [2.75, 3.05) is 18.0 Å². The molecule has 1 fully saturated rings. The summed E-state index contributed by atoms with van der Waals surface area (Å²) < 4.78 is 13.5. The second-order valence-corrected chi connectivity index (χ2v) is 3.60. The van der Waals surface area contributed by atoms with Crippen LogP contribution in [0.2, 0.25) is 0 Å². The van der Waals surface area contributed by atoms with Crippen molar-refractivity contribution in [3.63, 3.8) is 0 Å². The highest BCUT2D eigenvalue weighted by Gasteiger charge is 2.18. The molecule has 0 aromatic heterocycles. The summed E-state index contributed by atoms with van der Waals surface area (Å²) in [4.78, 5) is 2.01. The van der Waals surface area contributed by atoms with Gasteiger partial charge in [-0.05, 0) is 18.9 Å². The van der Waals surface area contributed by atoms with E-state index in [1.54, 1.807) is 12.1 Å². The van der Waals surface area contributed by atoms with Gasteiger partial charge in [-0.15, -0.1) is 0 Å². The fourth-order valence-corrected chi connectivity index (χ4v) is 1.98. The van der Waals surface area contributed by atoms with E-state index in [-0.39, 0.29) is 12.4 Å². The Bertz CT molecular complexity index is 321. The average Bonchev–Trinajstić information content (AvgIpc) is 2.70. The largest absolute Gasteiger partial charge is 0.392 e. The number of nitrogens with zero attached hydrogens (tertiary/aromatic N) is 1. The van der Waals surface area contributed by atoms with Crippen LogP contribution in [-0.4, -0.2) is 18.2 Å². The van der Waals surface area contributed by atoms with Crippen LogP contribution in [0.5, 0.6) is 0 Å². The maximum atomic E-state index is 13.5. The van der Waals surface area contributed by atoms with Gasteiger partial charge in [-0.25, -0.2) is 4.39 Å². The molecule has 2 nitrogen and oxygen atoms in total. The van der Waals surface area contributed by atoms with E-state index in [9.17, 15) is 4.39 Å². The average molecular weight is 195 g/mol. The minimum Gasteiger partial charge on any atom is -0.392 e. The lowest BCUT2D eigenvalue weighted by molar-refractivity contribution is 0.281. The summed E-state index contributed by atoms with van der Waals surface area (Å²) in [5, 5.41) is 9.11. The Morgan fingerprint density at radius 2 is 2.00 bits per heavy atom. The normalized spacial score (nSPS) is 16.3. The Balaban J connectivity index is 2.37. The van der Waals surface area contributed by atoms with Crippen molar-refractivity contribution in [3.05, 3.63) is 29.6 Å². The minimum atomic E-state index is -0.224. The number of hydrogen-bond donors (Lipinski definition) is 1. The maximum absolute atomic E-state index is 13.5. The van der Waals surface area contributed by atoms with E-state index in [4.69, 9.17) is 5.11 Å². The lowest BCUT2D eigenvalue weighted by atomic mass is 10.1. The highest BCUT2D eigenvalue weighted by molar-refractivity contribution is 5.55. The monoisotopic (exact) mass is 195 g/mol. The molecule has 1 saturated heterocycles. The topological polar surface area (TPSA) is 23.5 Å². The number of aliphatic hydroxyl groups excluding tert-OH is 1. The van der Waals surface area contributed by atoms with Crippen LogP contribution in [0.1, 0.15) is 18.4 Å². The quantitative estimate of drug-likeness (QED) is 0.779. The molecule has 1 aromatic carbocycles. The lowest BCUT2D eigenvalue weighted by Crippen LogP contribution is -2.20. The van der Waals surface area contributed by atoms with Gasteiger partial charge in [0.25, 0.3) is 0 Å². The van der Waals surface area contributed by atoms with Crippen LogP contribution in [-0.2, 0) is 6.61 Å². The van der Waals surface area contributed by atoms with Crippen molar-refractivity contribution in [3.8, 4) is 0 Å². The summed E-state index contributed by atoms with van der Waals surface area (Å²) in [6.45, 7) is 1.70. The van der Waals surface area contributed by atoms with E-state index in [1.165, 1.54) is 6.07 Å². The van der Waals surface area contributed by atoms with Crippen LogP contribution in [0.25, 0.3) is 0 Å². The second-order valence-electron chi connectivity index (χ2n) is 3.60. The smallest absolute Gasteiger partial charge is 0.146 e. The number of anilines is 1. The highest BCUT2D eigenvalue weighted by atomic mass is 19.1. The first-order valence-electron chi connectivity index (χ1n) is 4.96. The Hall–Kier alpha value is -1.09. The SMILES string of the molecule is OCc1cccc(F)c1N1CCCC1. The standard InChI is InChI=1S/C11H14FNO/c12-10-5-3-4-9(8-14)11(10)13-6-1-2-7-13/h3-5,14H,1-2,6-8H2. The van der Waals surface area contributed by atoms with E-state index in [0.29, 0.717) is 11.3 Å². The van der Waals surface area contributed by atoms with Gasteiger partial charge >= 0.3 is 0 Å². The molecular formula is C11H14FNO. The predicted molar refractivity (Wildman–Crippen MR) is 53.8 cm³/mol. The molecule has 0 spiro atoms. The highest BCUT2D eigenvalue weighted by Crippen LogP contribution is 2.27. The van der Waals surface area contributed by atoms with Crippen LogP contribution in [0, 0.1) is 5.82 Å². The van der Waals surface area contributed by atoms with Crippen LogP contribution in [0.4, 0.5) is 10.1 Å². The van der Waals surface area contributed by atoms with Crippen molar-refractivity contribution in [2.24, 2.45) is 0 Å². The van der Waals surface area contributed by atoms with E-state index in [2.05, 4.69) is 0 Å². The zero-order chi connectivity index (χ0) is 9.97. The van der Waals surface area contributed by atoms with Gasteiger partial charge in [-0.3, -0.25) is 0 Å². The molecular weight excluding hydrogens is 181 g/mol. The number of halogens is 1. The molecule has 14 heavy (non-hydrogen) atoms. The van der Waals surface area contributed by atoms with Crippen LogP contribution < -0.4 is 4.90 Å². The van der Waals surface area contributed by atoms with Crippen LogP contribution in [0.3, 0.4) is 0 Å². The molecule has 1 heterocycles. The number of rotatable bonds is 2. The fourth-order valence-electron chi connectivity index (χ4n) is 1.98. The van der Waals surface area contributed by atoms with E-state index >= 15 is 0 Å². The molecule has 1 N–H and O–H groups in total. The van der Waals surface area contributed by atoms with Gasteiger partial charge in [0.2, 0.25) is 0 Å². The number of benzene rings is 1. The Kier molecular flexibility index (Phi) is 2.68. The fraction of sp³-hybridized carbons (Fsp3) is 0.455. The first-order valence-corrected chi connectivity index (χ1v) is 4.96. The van der Waals surface area contributed by atoms with Gasteiger partial charge in [0.1, 0.15) is 5.82 Å². The van der Waals surface area contributed by atoms with Crippen molar-refractivity contribution < 1.29 is 9.50 Å². The summed E-state index contributed by atoms with van der Waals surface area (Å²) >= 11 is 0. The molecule has 0 atom stereocenters. The first kappa shape index (κ1) is 9.46. The van der Waals surface area contributed by atoms with Gasteiger partial charge in [0.05, 0.1) is 12.3 Å². The molecule has 2 rings (SSSR count). The molecule has 3 heteroatoms. The summed E-state index contributed by atoms with van der Waals surface area (Å²) in [5.41, 5.74) is 1.28. The molecule has 0 aliphatic carbocycles. The molecule has 1 aliphatic rings. The molecule has 0 bridgehead atoms. The minimum absolute atomic E-state index is 0.0937. The van der Waals surface area contributed by atoms with Crippen molar-refractivity contribution >= 4 is 5.69 Å². The zero-order valence-electron chi connectivity index (χ0n) is 8.04. The van der Waals surface area contributed by atoms with Crippen molar-refractivity contribution in [1.82, 2.24) is 0 Å². The van der Waals surface area contributed by atoms with Crippen LogP contribution in [0.15, 0.2) is 18.2 Å². The number of hydrogen-bond acceptors (Lipinski definition) is 2. The lowest BCUT2D eigenvalue weighted by Gasteiger charge is -2.21. The molecule has 1 aromatic rings. The molecule has 0 saturated carbocycles. The number of para-hydroxylation sites is 1. The van der Waals surface area contributed by atoms with E-state index < -0.39 is 0 Å². The summed E-state index contributed by atoms with van der Waals surface area (Å²) in [5.74, 6) is -0.224. The van der Waals surface area contributed by atoms with Crippen LogP contribution >= 0.6 is 0 Å². The third kappa shape index (κ3) is 1.60. The summed E-state index contributed by atoms with van der Waals surface area (Å²) in [7, 11) is 0. The Labute approximate surface area is 83.0 Å². The molecule has 0 amide bonds. The van der Waals surface area contributed by atoms with Gasteiger partial charge in [-0.2, -0.15) is 0 Å². The maximum Gasteiger partial charge on any atom is 0.146 e. The predicted octanol–water partition coefficient (Wildman–Crippen LogP) is 1.92. The number of aliphatic hydroxyl groups is 1. The Morgan fingerprint density at radius 1 is 1.29 bits per heavy atom. The first-order chi connectivity index (χ1) is 6.83. The van der Waals surface area contributed by atoms with Gasteiger partial charge < -0.3 is 10.0 Å². The zero-order valence-corrected chi connectivity index (χ0v) is 8.04. The van der Waals surface area contributed by atoms with Gasteiger partial charge in [0.15, 0.2) is 0 Å². The third-order valence-corrected chi connectivity index (χ3v) is 2.66. The molecule has 1 aliphatic heterocycles. The molecule has 0 unspecified atom stereocenters. The molecule has 0 radical (unpaired) electrons. The van der Waals surface area contributed by atoms with Crippen molar-refractivity contribution in [1.29, 1.82) is 0 Å². The van der Waals surface area contributed by atoms with E-state index in [0.717, 1.165) is 25.9 Å². The van der Waals surface area contributed by atoms with Gasteiger partial charge in [-0.1, -0.05) is 12.1 Å². The van der Waals surface area contributed by atoms with Crippen molar-refractivity contribution in [2.45, 2.75) is 19.4 Å². The summed E-state index contributed by atoms with van der Waals surface area (Å²) in [6, 6.07) is 4.87. The van der Waals surface area contributed by atoms with Gasteiger partial charge in [0, 0.05) is 18.7 Å². The second kappa shape index (κ2) is 3.96. The third-order valence-electron chi connectivity index (χ3n) is 2.66. The Morgan fingerprint density at radius 3 is 2.64 bits per heavy atom. The molecule has 76 valence electrons.